The molecule has 1 aromatic heterocycles. The zero-order valence-electron chi connectivity index (χ0n) is 10.1. The van der Waals surface area contributed by atoms with E-state index in [9.17, 15) is 9.90 Å². The molecular weight excluding hydrogens is 228 g/mol. The summed E-state index contributed by atoms with van der Waals surface area (Å²) in [6, 6.07) is 9.84. The van der Waals surface area contributed by atoms with Crippen molar-refractivity contribution in [3.05, 3.63) is 36.1 Å². The van der Waals surface area contributed by atoms with E-state index < -0.39 is 5.97 Å². The second-order valence-corrected chi connectivity index (χ2v) is 5.02. The highest BCUT2D eigenvalue weighted by Crippen LogP contribution is 2.39. The first-order valence-corrected chi connectivity index (χ1v) is 6.47. The maximum absolute atomic E-state index is 11.3. The van der Waals surface area contributed by atoms with Crippen molar-refractivity contribution in [2.75, 3.05) is 0 Å². The van der Waals surface area contributed by atoms with Crippen LogP contribution in [0.1, 0.15) is 37.4 Å². The van der Waals surface area contributed by atoms with E-state index in [-0.39, 0.29) is 11.8 Å². The topological polar surface area (TPSA) is 50.4 Å². The second kappa shape index (κ2) is 4.48. The van der Waals surface area contributed by atoms with Crippen LogP contribution < -0.4 is 0 Å². The molecule has 1 N–H and O–H groups in total. The fraction of sp³-hybridized carbons (Fsp3) is 0.400. The van der Waals surface area contributed by atoms with E-state index in [4.69, 9.17) is 4.42 Å². The van der Waals surface area contributed by atoms with Gasteiger partial charge in [-0.2, -0.15) is 0 Å². The first-order valence-electron chi connectivity index (χ1n) is 6.47. The summed E-state index contributed by atoms with van der Waals surface area (Å²) in [6.45, 7) is 0. The lowest BCUT2D eigenvalue weighted by molar-refractivity contribution is -0.143. The highest BCUT2D eigenvalue weighted by atomic mass is 16.4. The van der Waals surface area contributed by atoms with Crippen LogP contribution in [0.15, 0.2) is 34.7 Å². The molecule has 94 valence electrons. The van der Waals surface area contributed by atoms with Crippen LogP contribution in [0, 0.1) is 5.92 Å². The average Bonchev–Trinajstić information content (AvgIpc) is 2.82. The third kappa shape index (κ3) is 1.90. The fourth-order valence-corrected chi connectivity index (χ4v) is 2.95. The van der Waals surface area contributed by atoms with Gasteiger partial charge in [-0.25, -0.2) is 0 Å². The van der Waals surface area contributed by atoms with Crippen molar-refractivity contribution < 1.29 is 14.3 Å². The van der Waals surface area contributed by atoms with Gasteiger partial charge in [0.1, 0.15) is 11.3 Å². The molecular formula is C15H16O3. The molecule has 1 aromatic carbocycles. The van der Waals surface area contributed by atoms with Crippen molar-refractivity contribution in [2.24, 2.45) is 5.92 Å². The molecule has 0 spiro atoms. The highest BCUT2D eigenvalue weighted by Gasteiger charge is 2.33. The number of fused-ring (bicyclic) bond motifs is 1. The minimum absolute atomic E-state index is 0.0312. The number of hydrogen-bond acceptors (Lipinski definition) is 2. The second-order valence-electron chi connectivity index (χ2n) is 5.02. The van der Waals surface area contributed by atoms with Crippen LogP contribution in [0.25, 0.3) is 11.0 Å². The predicted octanol–water partition coefficient (Wildman–Crippen LogP) is 3.79. The summed E-state index contributed by atoms with van der Waals surface area (Å²) in [4.78, 5) is 11.3. The van der Waals surface area contributed by atoms with Crippen molar-refractivity contribution in [3.8, 4) is 0 Å². The van der Waals surface area contributed by atoms with Gasteiger partial charge in [-0.3, -0.25) is 4.79 Å². The third-order valence-electron chi connectivity index (χ3n) is 3.89. The van der Waals surface area contributed by atoms with E-state index >= 15 is 0 Å². The predicted molar refractivity (Wildman–Crippen MR) is 68.5 cm³/mol. The maximum Gasteiger partial charge on any atom is 0.307 e. The Morgan fingerprint density at radius 2 is 2.00 bits per heavy atom. The lowest BCUT2D eigenvalue weighted by Crippen LogP contribution is -2.25. The molecule has 2 aromatic rings. The molecule has 1 aliphatic carbocycles. The molecule has 1 saturated carbocycles. The molecule has 0 amide bonds. The number of rotatable bonds is 2. The van der Waals surface area contributed by atoms with Gasteiger partial charge in [-0.1, -0.05) is 31.0 Å². The molecule has 2 unspecified atom stereocenters. The standard InChI is InChI=1S/C15H16O3/c16-15(17)12-7-3-2-6-11(12)14-9-10-5-1-4-8-13(10)18-14/h1,4-5,8-9,11-12H,2-3,6-7H2,(H,16,17). The summed E-state index contributed by atoms with van der Waals surface area (Å²) in [5.41, 5.74) is 0.849. The molecule has 1 aliphatic rings. The van der Waals surface area contributed by atoms with Gasteiger partial charge in [0.15, 0.2) is 0 Å². The van der Waals surface area contributed by atoms with Crippen LogP contribution in [0.5, 0.6) is 0 Å². The van der Waals surface area contributed by atoms with Crippen LogP contribution in [0.3, 0.4) is 0 Å². The first-order chi connectivity index (χ1) is 8.75. The molecule has 0 bridgehead atoms. The van der Waals surface area contributed by atoms with E-state index in [0.29, 0.717) is 0 Å². The van der Waals surface area contributed by atoms with E-state index in [0.717, 1.165) is 42.4 Å². The van der Waals surface area contributed by atoms with Crippen molar-refractivity contribution in [1.29, 1.82) is 0 Å². The monoisotopic (exact) mass is 244 g/mol. The minimum Gasteiger partial charge on any atom is -0.481 e. The number of carboxylic acids is 1. The number of carboxylic acid groups (broad SMARTS) is 1. The lowest BCUT2D eigenvalue weighted by Gasteiger charge is -2.26. The Balaban J connectivity index is 1.98. The molecule has 0 saturated heterocycles. The molecule has 0 aliphatic heterocycles. The Bertz CT molecular complexity index is 537. The first kappa shape index (κ1) is 11.3. The van der Waals surface area contributed by atoms with Crippen molar-refractivity contribution >= 4 is 16.9 Å². The van der Waals surface area contributed by atoms with Gasteiger partial charge >= 0.3 is 5.97 Å². The van der Waals surface area contributed by atoms with E-state index in [1.54, 1.807) is 0 Å². The molecule has 3 heteroatoms. The zero-order valence-corrected chi connectivity index (χ0v) is 10.1. The maximum atomic E-state index is 11.3. The van der Waals surface area contributed by atoms with Gasteiger partial charge in [-0.05, 0) is 25.0 Å². The fourth-order valence-electron chi connectivity index (χ4n) is 2.95. The van der Waals surface area contributed by atoms with E-state index in [1.165, 1.54) is 0 Å². The third-order valence-corrected chi connectivity index (χ3v) is 3.89. The molecule has 1 fully saturated rings. The van der Waals surface area contributed by atoms with Gasteiger partial charge in [0.25, 0.3) is 0 Å². The summed E-state index contributed by atoms with van der Waals surface area (Å²) < 4.78 is 5.82. The minimum atomic E-state index is -0.694. The van der Waals surface area contributed by atoms with Crippen molar-refractivity contribution in [1.82, 2.24) is 0 Å². The van der Waals surface area contributed by atoms with Gasteiger partial charge in [-0.15, -0.1) is 0 Å². The van der Waals surface area contributed by atoms with Gasteiger partial charge in [0, 0.05) is 11.3 Å². The highest BCUT2D eigenvalue weighted by molar-refractivity contribution is 5.78. The number of aliphatic carboxylic acids is 1. The van der Waals surface area contributed by atoms with Crippen molar-refractivity contribution in [3.63, 3.8) is 0 Å². The molecule has 1 heterocycles. The Kier molecular flexibility index (Phi) is 2.82. The Hall–Kier alpha value is -1.77. The van der Waals surface area contributed by atoms with Crippen LogP contribution in [0.4, 0.5) is 0 Å². The summed E-state index contributed by atoms with van der Waals surface area (Å²) >= 11 is 0. The van der Waals surface area contributed by atoms with E-state index in [1.807, 2.05) is 30.3 Å². The van der Waals surface area contributed by atoms with Gasteiger partial charge in [0.2, 0.25) is 0 Å². The van der Waals surface area contributed by atoms with E-state index in [2.05, 4.69) is 0 Å². The molecule has 0 radical (unpaired) electrons. The number of carbonyl (C=O) groups is 1. The Morgan fingerprint density at radius 1 is 1.22 bits per heavy atom. The SMILES string of the molecule is O=C(O)C1CCCCC1c1cc2ccccc2o1. The number of hydrogen-bond donors (Lipinski definition) is 1. The van der Waals surface area contributed by atoms with Crippen LogP contribution in [-0.4, -0.2) is 11.1 Å². The smallest absolute Gasteiger partial charge is 0.307 e. The molecule has 3 nitrogen and oxygen atoms in total. The zero-order chi connectivity index (χ0) is 12.5. The summed E-state index contributed by atoms with van der Waals surface area (Å²) in [5.74, 6) is -0.119. The quantitative estimate of drug-likeness (QED) is 0.874. The van der Waals surface area contributed by atoms with Crippen LogP contribution in [-0.2, 0) is 4.79 Å². The summed E-state index contributed by atoms with van der Waals surface area (Å²) in [5, 5.41) is 10.4. The number of para-hydroxylation sites is 1. The normalized spacial score (nSPS) is 24.2. The molecule has 2 atom stereocenters. The number of benzene rings is 1. The number of furan rings is 1. The Labute approximate surface area is 105 Å². The van der Waals surface area contributed by atoms with Gasteiger partial charge in [0.05, 0.1) is 5.92 Å². The molecule has 18 heavy (non-hydrogen) atoms. The molecule has 3 rings (SSSR count). The Morgan fingerprint density at radius 3 is 2.78 bits per heavy atom. The summed E-state index contributed by atoms with van der Waals surface area (Å²) in [7, 11) is 0. The largest absolute Gasteiger partial charge is 0.481 e. The van der Waals surface area contributed by atoms with Gasteiger partial charge < -0.3 is 9.52 Å². The van der Waals surface area contributed by atoms with Crippen LogP contribution >= 0.6 is 0 Å². The lowest BCUT2D eigenvalue weighted by atomic mass is 9.78. The average molecular weight is 244 g/mol. The van der Waals surface area contributed by atoms with Crippen LogP contribution in [0.2, 0.25) is 0 Å². The summed E-state index contributed by atoms with van der Waals surface area (Å²) in [6.07, 6.45) is 3.77. The van der Waals surface area contributed by atoms with Crippen molar-refractivity contribution in [2.45, 2.75) is 31.6 Å².